The summed E-state index contributed by atoms with van der Waals surface area (Å²) in [6.45, 7) is 2.99. The van der Waals surface area contributed by atoms with Crippen LogP contribution in [0.2, 0.25) is 0 Å². The predicted molar refractivity (Wildman–Crippen MR) is 137 cm³/mol. The van der Waals surface area contributed by atoms with E-state index in [1.54, 1.807) is 25.3 Å². The van der Waals surface area contributed by atoms with E-state index in [0.717, 1.165) is 42.2 Å². The van der Waals surface area contributed by atoms with Crippen molar-refractivity contribution in [2.75, 3.05) is 52.0 Å². The number of carbonyl (C=O) groups excluding carboxylic acids is 2. The molecular formula is C24H24BrN3O5S. The minimum absolute atomic E-state index is 0.160. The van der Waals surface area contributed by atoms with E-state index in [-0.39, 0.29) is 12.5 Å². The third kappa shape index (κ3) is 5.81. The smallest absolute Gasteiger partial charge is 0.343 e. The minimum atomic E-state index is -0.485. The molecule has 2 aromatic carbocycles. The van der Waals surface area contributed by atoms with E-state index < -0.39 is 5.97 Å². The highest BCUT2D eigenvalue weighted by molar-refractivity contribution is 9.10. The molecule has 0 N–H and O–H groups in total. The van der Waals surface area contributed by atoms with Gasteiger partial charge < -0.3 is 19.1 Å². The average molecular weight is 546 g/mol. The Balaban J connectivity index is 1.53. The highest BCUT2D eigenvalue weighted by atomic mass is 79.9. The lowest BCUT2D eigenvalue weighted by Crippen LogP contribution is -2.36. The van der Waals surface area contributed by atoms with E-state index in [9.17, 15) is 9.59 Å². The number of rotatable bonds is 6. The first-order chi connectivity index (χ1) is 16.4. The molecule has 0 aliphatic carbocycles. The fourth-order valence-electron chi connectivity index (χ4n) is 3.42. The zero-order valence-electron chi connectivity index (χ0n) is 18.8. The zero-order valence-corrected chi connectivity index (χ0v) is 21.2. The largest absolute Gasteiger partial charge is 0.481 e. The Morgan fingerprint density at radius 3 is 2.65 bits per heavy atom. The number of hydrogen-bond donors (Lipinski definition) is 0. The summed E-state index contributed by atoms with van der Waals surface area (Å²) in [5.41, 5.74) is 2.56. The molecule has 0 radical (unpaired) electrons. The maximum Gasteiger partial charge on any atom is 0.343 e. The molecular weight excluding hydrogens is 522 g/mol. The van der Waals surface area contributed by atoms with Gasteiger partial charge >= 0.3 is 5.97 Å². The maximum absolute atomic E-state index is 12.9. The molecule has 0 saturated carbocycles. The third-order valence-electron chi connectivity index (χ3n) is 5.29. The monoisotopic (exact) mass is 545 g/mol. The molecule has 0 aromatic heterocycles. The number of hydrogen-bond acceptors (Lipinski definition) is 8. The molecule has 0 atom stereocenters. The Morgan fingerprint density at radius 1 is 1.21 bits per heavy atom. The van der Waals surface area contributed by atoms with E-state index in [4.69, 9.17) is 9.47 Å². The SMILES string of the molecule is COC(=O)COc1ccc(Br)cc1/C=C1\SC(=Nc2ccc(N3CCOCC3)cc2)N(C)C1=O. The van der Waals surface area contributed by atoms with Gasteiger partial charge in [-0.25, -0.2) is 9.79 Å². The zero-order chi connectivity index (χ0) is 24.1. The molecule has 8 nitrogen and oxygen atoms in total. The summed E-state index contributed by atoms with van der Waals surface area (Å²) >= 11 is 4.73. The van der Waals surface area contributed by atoms with Gasteiger partial charge in [-0.2, -0.15) is 0 Å². The number of morpholine rings is 1. The number of methoxy groups -OCH3 is 1. The molecule has 2 aromatic rings. The van der Waals surface area contributed by atoms with E-state index in [2.05, 4.69) is 30.6 Å². The summed E-state index contributed by atoms with van der Waals surface area (Å²) in [6, 6.07) is 13.3. The fourth-order valence-corrected chi connectivity index (χ4v) is 4.78. The lowest BCUT2D eigenvalue weighted by Gasteiger charge is -2.28. The third-order valence-corrected chi connectivity index (χ3v) is 6.84. The summed E-state index contributed by atoms with van der Waals surface area (Å²) in [5, 5.41) is 0.586. The predicted octanol–water partition coefficient (Wildman–Crippen LogP) is 4.07. The van der Waals surface area contributed by atoms with Crippen LogP contribution < -0.4 is 9.64 Å². The van der Waals surface area contributed by atoms with E-state index in [0.29, 0.717) is 21.4 Å². The Hall–Kier alpha value is -2.82. The molecule has 4 rings (SSSR count). The molecule has 1 amide bonds. The van der Waals surface area contributed by atoms with Crippen LogP contribution in [0.25, 0.3) is 6.08 Å². The van der Waals surface area contributed by atoms with Gasteiger partial charge in [0.05, 0.1) is 30.9 Å². The second-order valence-corrected chi connectivity index (χ2v) is 9.46. The van der Waals surface area contributed by atoms with Crippen molar-refractivity contribution in [2.24, 2.45) is 4.99 Å². The van der Waals surface area contributed by atoms with Crippen LogP contribution in [0.5, 0.6) is 5.75 Å². The number of thioether (sulfide) groups is 1. The first-order valence-corrected chi connectivity index (χ1v) is 12.2. The van der Waals surface area contributed by atoms with Crippen molar-refractivity contribution >= 4 is 62.2 Å². The number of amidine groups is 1. The molecule has 0 spiro atoms. The van der Waals surface area contributed by atoms with Crippen molar-refractivity contribution in [3.63, 3.8) is 0 Å². The summed E-state index contributed by atoms with van der Waals surface area (Å²) < 4.78 is 16.5. The highest BCUT2D eigenvalue weighted by Crippen LogP contribution is 2.35. The topological polar surface area (TPSA) is 80.7 Å². The van der Waals surface area contributed by atoms with E-state index >= 15 is 0 Å². The Bertz CT molecular complexity index is 1130. The number of likely N-dealkylation sites (N-methyl/N-ethyl adjacent to an activating group) is 1. The van der Waals surface area contributed by atoms with Gasteiger partial charge in [-0.15, -0.1) is 0 Å². The second-order valence-electron chi connectivity index (χ2n) is 7.53. The van der Waals surface area contributed by atoms with E-state index in [1.165, 1.54) is 23.8 Å². The highest BCUT2D eigenvalue weighted by Gasteiger charge is 2.30. The molecule has 2 heterocycles. The van der Waals surface area contributed by atoms with Gasteiger partial charge in [-0.1, -0.05) is 15.9 Å². The molecule has 2 fully saturated rings. The molecule has 178 valence electrons. The van der Waals surface area contributed by atoms with Crippen LogP contribution in [0.4, 0.5) is 11.4 Å². The number of carbonyl (C=O) groups is 2. The second kappa shape index (κ2) is 11.1. The van der Waals surface area contributed by atoms with Gasteiger partial charge in [0.15, 0.2) is 11.8 Å². The van der Waals surface area contributed by atoms with Crippen molar-refractivity contribution in [3.8, 4) is 5.75 Å². The lowest BCUT2D eigenvalue weighted by molar-refractivity contribution is -0.142. The number of ether oxygens (including phenoxy) is 3. The number of halogens is 1. The van der Waals surface area contributed by atoms with E-state index in [1.807, 2.05) is 30.3 Å². The Labute approximate surface area is 210 Å². The van der Waals surface area contributed by atoms with Crippen LogP contribution in [0.15, 0.2) is 56.8 Å². The molecule has 2 aliphatic rings. The van der Waals surface area contributed by atoms with Crippen molar-refractivity contribution in [2.45, 2.75) is 0 Å². The summed E-state index contributed by atoms with van der Waals surface area (Å²) in [6.07, 6.45) is 1.74. The van der Waals surface area contributed by atoms with Crippen molar-refractivity contribution in [1.29, 1.82) is 0 Å². The van der Waals surface area contributed by atoms with Gasteiger partial charge in [0.2, 0.25) is 0 Å². The number of aliphatic imine (C=N–C) groups is 1. The van der Waals surface area contributed by atoms with Gasteiger partial charge in [-0.3, -0.25) is 9.69 Å². The van der Waals surface area contributed by atoms with Crippen LogP contribution in [0.3, 0.4) is 0 Å². The number of benzene rings is 2. The van der Waals surface area contributed by atoms with Crippen LogP contribution in [-0.2, 0) is 19.1 Å². The standard InChI is InChI=1S/C24H24BrN3O5S/c1-27-23(30)21(14-16-13-17(25)3-8-20(16)33-15-22(29)31-2)34-24(27)26-18-4-6-19(7-5-18)28-9-11-32-12-10-28/h3-8,13-14H,9-12,15H2,1-2H3/b21-14-,26-24?. The number of esters is 1. The molecule has 2 saturated heterocycles. The van der Waals surface area contributed by atoms with Gasteiger partial charge in [-0.05, 0) is 60.3 Å². The van der Waals surface area contributed by atoms with Crippen molar-refractivity contribution < 1.29 is 23.8 Å². The molecule has 0 unspecified atom stereocenters. The quantitative estimate of drug-likeness (QED) is 0.399. The molecule has 2 aliphatic heterocycles. The molecule has 10 heteroatoms. The summed E-state index contributed by atoms with van der Waals surface area (Å²) in [4.78, 5) is 33.3. The normalized spacial score (nSPS) is 18.6. The number of nitrogens with zero attached hydrogens (tertiary/aromatic N) is 3. The Kier molecular flexibility index (Phi) is 7.91. The first-order valence-electron chi connectivity index (χ1n) is 10.6. The van der Waals surface area contributed by atoms with Gasteiger partial charge in [0.1, 0.15) is 5.75 Å². The van der Waals surface area contributed by atoms with Gasteiger partial charge in [0, 0.05) is 35.9 Å². The van der Waals surface area contributed by atoms with Gasteiger partial charge in [0.25, 0.3) is 5.91 Å². The Morgan fingerprint density at radius 2 is 1.94 bits per heavy atom. The van der Waals surface area contributed by atoms with Crippen LogP contribution >= 0.6 is 27.7 Å². The van der Waals surface area contributed by atoms with Crippen LogP contribution in [0, 0.1) is 0 Å². The first kappa shape index (κ1) is 24.3. The number of amides is 1. The maximum atomic E-state index is 12.9. The number of anilines is 1. The fraction of sp³-hybridized carbons (Fsp3) is 0.292. The van der Waals surface area contributed by atoms with Crippen LogP contribution in [0.1, 0.15) is 5.56 Å². The minimum Gasteiger partial charge on any atom is -0.481 e. The van der Waals surface area contributed by atoms with Crippen LogP contribution in [-0.4, -0.2) is 69.0 Å². The summed E-state index contributed by atoms with van der Waals surface area (Å²) in [7, 11) is 3.00. The molecule has 34 heavy (non-hydrogen) atoms. The van der Waals surface area contributed by atoms with Crippen molar-refractivity contribution in [1.82, 2.24) is 4.90 Å². The molecule has 0 bridgehead atoms. The average Bonchev–Trinajstić information content (AvgIpc) is 3.12. The summed E-state index contributed by atoms with van der Waals surface area (Å²) in [5.74, 6) is -0.171. The lowest BCUT2D eigenvalue weighted by atomic mass is 10.2. The van der Waals surface area contributed by atoms with Crippen molar-refractivity contribution in [3.05, 3.63) is 57.4 Å².